The van der Waals surface area contributed by atoms with Gasteiger partial charge in [0.25, 0.3) is 0 Å². The molecule has 10 heavy (non-hydrogen) atoms. The van der Waals surface area contributed by atoms with Crippen LogP contribution >= 0.6 is 0 Å². The van der Waals surface area contributed by atoms with Crippen LogP contribution in [0.1, 0.15) is 13.8 Å². The van der Waals surface area contributed by atoms with Gasteiger partial charge in [-0.15, -0.1) is 0 Å². The Balaban J connectivity index is 4.23. The third-order valence-corrected chi connectivity index (χ3v) is 1.66. The summed E-state index contributed by atoms with van der Waals surface area (Å²) in [5.41, 5.74) is 4.09. The Hall–Kier alpha value is -0.610. The molecule has 0 aromatic heterocycles. The van der Waals surface area contributed by atoms with Crippen molar-refractivity contribution in [2.24, 2.45) is 5.73 Å². The van der Waals surface area contributed by atoms with E-state index in [1.165, 1.54) is 14.0 Å². The van der Waals surface area contributed by atoms with E-state index in [4.69, 9.17) is 15.6 Å². The fraction of sp³-hybridized carbons (Fsp3) is 0.833. The van der Waals surface area contributed by atoms with Gasteiger partial charge in [-0.3, -0.25) is 4.79 Å². The summed E-state index contributed by atoms with van der Waals surface area (Å²) in [4.78, 5) is 10.4. The Morgan fingerprint density at radius 1 is 1.80 bits per heavy atom. The second kappa shape index (κ2) is 2.98. The third kappa shape index (κ3) is 1.68. The minimum Gasteiger partial charge on any atom is -0.480 e. The highest BCUT2D eigenvalue weighted by Crippen LogP contribution is 2.08. The quantitative estimate of drug-likeness (QED) is 0.581. The monoisotopic (exact) mass is 147 g/mol. The van der Waals surface area contributed by atoms with E-state index in [0.717, 1.165) is 0 Å². The molecule has 0 aliphatic carbocycles. The number of carbonyl (C=O) groups is 1. The molecule has 3 N–H and O–H groups in total. The van der Waals surface area contributed by atoms with Crippen LogP contribution in [0.3, 0.4) is 0 Å². The zero-order chi connectivity index (χ0) is 8.36. The van der Waals surface area contributed by atoms with Gasteiger partial charge in [-0.2, -0.15) is 0 Å². The van der Waals surface area contributed by atoms with Crippen LogP contribution in [0.2, 0.25) is 0 Å². The lowest BCUT2D eigenvalue weighted by Crippen LogP contribution is -2.54. The Labute approximate surface area is 60.0 Å². The molecule has 1 unspecified atom stereocenters. The number of ether oxygens (including phenoxy) is 1. The van der Waals surface area contributed by atoms with Crippen LogP contribution in [-0.2, 0) is 9.53 Å². The Kier molecular flexibility index (Phi) is 2.80. The number of carboxylic acids is 1. The molecule has 0 spiro atoms. The highest BCUT2D eigenvalue weighted by atomic mass is 16.5. The average molecular weight is 147 g/mol. The number of rotatable bonds is 3. The standard InChI is InChI=1S/C6H13NO3/c1-4(10-3)6(2,7)5(8)9/h4H,7H2,1-3H3,(H,8,9)/t4?,6-/m1/s1. The van der Waals surface area contributed by atoms with Crippen LogP contribution in [0.4, 0.5) is 0 Å². The van der Waals surface area contributed by atoms with Crippen molar-refractivity contribution in [3.8, 4) is 0 Å². The van der Waals surface area contributed by atoms with Crippen LogP contribution in [-0.4, -0.2) is 29.8 Å². The Morgan fingerprint density at radius 2 is 2.20 bits per heavy atom. The molecule has 0 rings (SSSR count). The van der Waals surface area contributed by atoms with Gasteiger partial charge in [-0.1, -0.05) is 0 Å². The van der Waals surface area contributed by atoms with Gasteiger partial charge in [-0.05, 0) is 13.8 Å². The first-order valence-electron chi connectivity index (χ1n) is 2.98. The fourth-order valence-electron chi connectivity index (χ4n) is 0.419. The largest absolute Gasteiger partial charge is 0.480 e. The molecule has 0 aromatic carbocycles. The predicted molar refractivity (Wildman–Crippen MR) is 36.7 cm³/mol. The molecule has 0 bridgehead atoms. The van der Waals surface area contributed by atoms with Crippen molar-refractivity contribution in [2.75, 3.05) is 7.11 Å². The SMILES string of the molecule is COC(C)[C@@](C)(N)C(=O)O. The summed E-state index contributed by atoms with van der Waals surface area (Å²) < 4.78 is 4.77. The normalized spacial score (nSPS) is 19.6. The number of hydrogen-bond donors (Lipinski definition) is 2. The summed E-state index contributed by atoms with van der Waals surface area (Å²) in [5.74, 6) is -1.05. The molecule has 4 heteroatoms. The number of hydrogen-bond acceptors (Lipinski definition) is 3. The van der Waals surface area contributed by atoms with Crippen LogP contribution in [0.5, 0.6) is 0 Å². The maximum absolute atomic E-state index is 10.4. The van der Waals surface area contributed by atoms with Crippen molar-refractivity contribution in [1.82, 2.24) is 0 Å². The molecule has 0 aliphatic rings. The van der Waals surface area contributed by atoms with Gasteiger partial charge >= 0.3 is 5.97 Å². The molecule has 60 valence electrons. The third-order valence-electron chi connectivity index (χ3n) is 1.66. The van der Waals surface area contributed by atoms with Crippen LogP contribution in [0.15, 0.2) is 0 Å². The van der Waals surface area contributed by atoms with Gasteiger partial charge in [0.15, 0.2) is 0 Å². The molecule has 0 saturated heterocycles. The van der Waals surface area contributed by atoms with E-state index in [9.17, 15) is 4.79 Å². The topological polar surface area (TPSA) is 72.5 Å². The van der Waals surface area contributed by atoms with Gasteiger partial charge in [0.2, 0.25) is 0 Å². The maximum Gasteiger partial charge on any atom is 0.326 e. The van der Waals surface area contributed by atoms with E-state index < -0.39 is 17.6 Å². The molecule has 2 atom stereocenters. The summed E-state index contributed by atoms with van der Waals surface area (Å²) >= 11 is 0. The van der Waals surface area contributed by atoms with Gasteiger partial charge < -0.3 is 15.6 Å². The van der Waals surface area contributed by atoms with Crippen molar-refractivity contribution >= 4 is 5.97 Å². The molecule has 0 amide bonds. The summed E-state index contributed by atoms with van der Waals surface area (Å²) in [7, 11) is 1.43. The van der Waals surface area contributed by atoms with Crippen molar-refractivity contribution in [3.05, 3.63) is 0 Å². The van der Waals surface area contributed by atoms with Crippen LogP contribution in [0.25, 0.3) is 0 Å². The zero-order valence-electron chi connectivity index (χ0n) is 6.42. The Bertz CT molecular complexity index is 133. The average Bonchev–Trinajstić information content (AvgIpc) is 1.86. The number of aliphatic carboxylic acids is 1. The van der Waals surface area contributed by atoms with E-state index >= 15 is 0 Å². The van der Waals surface area contributed by atoms with E-state index in [1.54, 1.807) is 6.92 Å². The number of methoxy groups -OCH3 is 1. The highest BCUT2D eigenvalue weighted by Gasteiger charge is 2.34. The van der Waals surface area contributed by atoms with Gasteiger partial charge in [0.1, 0.15) is 5.54 Å². The van der Waals surface area contributed by atoms with Crippen LogP contribution < -0.4 is 5.73 Å². The molecule has 4 nitrogen and oxygen atoms in total. The van der Waals surface area contributed by atoms with E-state index in [1.807, 2.05) is 0 Å². The summed E-state index contributed by atoms with van der Waals surface area (Å²) in [6, 6.07) is 0. The van der Waals surface area contributed by atoms with Gasteiger partial charge in [0.05, 0.1) is 6.10 Å². The van der Waals surface area contributed by atoms with Crippen molar-refractivity contribution in [2.45, 2.75) is 25.5 Å². The molecule has 0 aromatic rings. The number of carboxylic acid groups (broad SMARTS) is 1. The molecule has 0 fully saturated rings. The lowest BCUT2D eigenvalue weighted by Gasteiger charge is -2.25. The molecule has 0 aliphatic heterocycles. The first-order chi connectivity index (χ1) is 4.42. The van der Waals surface area contributed by atoms with Gasteiger partial charge in [-0.25, -0.2) is 0 Å². The number of nitrogens with two attached hydrogens (primary N) is 1. The van der Waals surface area contributed by atoms with Crippen molar-refractivity contribution in [1.29, 1.82) is 0 Å². The minimum atomic E-state index is -1.30. The first-order valence-corrected chi connectivity index (χ1v) is 2.98. The molecular formula is C6H13NO3. The zero-order valence-corrected chi connectivity index (χ0v) is 6.42. The summed E-state index contributed by atoms with van der Waals surface area (Å²) in [6.45, 7) is 3.04. The van der Waals surface area contributed by atoms with Crippen molar-refractivity contribution < 1.29 is 14.6 Å². The van der Waals surface area contributed by atoms with E-state index in [2.05, 4.69) is 0 Å². The lowest BCUT2D eigenvalue weighted by atomic mass is 9.98. The maximum atomic E-state index is 10.4. The minimum absolute atomic E-state index is 0.481. The smallest absolute Gasteiger partial charge is 0.326 e. The summed E-state index contributed by atoms with van der Waals surface area (Å²) in [6.07, 6.45) is -0.481. The lowest BCUT2D eigenvalue weighted by molar-refractivity contribution is -0.147. The molecule has 0 radical (unpaired) electrons. The van der Waals surface area contributed by atoms with E-state index in [-0.39, 0.29) is 0 Å². The second-order valence-corrected chi connectivity index (χ2v) is 2.47. The highest BCUT2D eigenvalue weighted by molar-refractivity contribution is 5.78. The van der Waals surface area contributed by atoms with Gasteiger partial charge in [0, 0.05) is 7.11 Å². The fourth-order valence-corrected chi connectivity index (χ4v) is 0.419. The molecular weight excluding hydrogens is 134 g/mol. The summed E-state index contributed by atoms with van der Waals surface area (Å²) in [5, 5.41) is 8.54. The Morgan fingerprint density at radius 3 is 2.30 bits per heavy atom. The molecule has 0 heterocycles. The van der Waals surface area contributed by atoms with Crippen molar-refractivity contribution in [3.63, 3.8) is 0 Å². The van der Waals surface area contributed by atoms with E-state index in [0.29, 0.717) is 0 Å². The predicted octanol–water partition coefficient (Wildman–Crippen LogP) is -0.177. The first kappa shape index (κ1) is 9.39. The van der Waals surface area contributed by atoms with Crippen LogP contribution in [0, 0.1) is 0 Å². The molecule has 0 saturated carbocycles. The second-order valence-electron chi connectivity index (χ2n) is 2.47.